The third kappa shape index (κ3) is 4.54. The molecule has 122 valence electrons. The van der Waals surface area contributed by atoms with Crippen molar-refractivity contribution in [1.29, 1.82) is 0 Å². The molecule has 0 aliphatic rings. The normalized spacial score (nSPS) is 13.0. The Morgan fingerprint density at radius 1 is 1.23 bits per heavy atom. The maximum atomic E-state index is 12.6. The number of hydrogen-bond donors (Lipinski definition) is 0. The van der Waals surface area contributed by atoms with Gasteiger partial charge in [-0.2, -0.15) is 0 Å². The highest BCUT2D eigenvalue weighted by Crippen LogP contribution is 2.23. The number of rotatable bonds is 7. The molecule has 0 N–H and O–H groups in total. The molecule has 1 aromatic carbocycles. The molecule has 0 aliphatic heterocycles. The van der Waals surface area contributed by atoms with E-state index in [1.165, 1.54) is 0 Å². The fourth-order valence-corrected chi connectivity index (χ4v) is 3.46. The zero-order valence-corrected chi connectivity index (χ0v) is 15.1. The molecular weight excluding hydrogens is 294 g/mol. The molecular formula is C18H27NO2S. The monoisotopic (exact) mass is 321 g/mol. The van der Waals surface area contributed by atoms with Crippen LogP contribution in [0, 0.1) is 6.92 Å². The molecule has 0 heterocycles. The molecule has 1 amide bonds. The highest BCUT2D eigenvalue weighted by molar-refractivity contribution is 7.93. The summed E-state index contributed by atoms with van der Waals surface area (Å²) in [5, 5.41) is 0. The van der Waals surface area contributed by atoms with Crippen molar-refractivity contribution >= 4 is 21.6 Å². The molecule has 3 nitrogen and oxygen atoms in total. The Labute approximate surface area is 136 Å². The minimum Gasteiger partial charge on any atom is -0.339 e. The minimum absolute atomic E-state index is 0.0815. The van der Waals surface area contributed by atoms with E-state index in [9.17, 15) is 9.00 Å². The molecule has 0 radical (unpaired) electrons. The van der Waals surface area contributed by atoms with E-state index in [0.29, 0.717) is 5.56 Å². The summed E-state index contributed by atoms with van der Waals surface area (Å²) in [7, 11) is -1.03. The Morgan fingerprint density at radius 2 is 1.82 bits per heavy atom. The largest absolute Gasteiger partial charge is 0.339 e. The predicted molar refractivity (Wildman–Crippen MR) is 95.4 cm³/mol. The summed E-state index contributed by atoms with van der Waals surface area (Å²) in [4.78, 5) is 15.3. The highest BCUT2D eigenvalue weighted by atomic mass is 32.2. The third-order valence-electron chi connectivity index (χ3n) is 3.58. The molecule has 0 aliphatic carbocycles. The van der Waals surface area contributed by atoms with Crippen molar-refractivity contribution in [3.63, 3.8) is 0 Å². The number of hydrogen-bond acceptors (Lipinski definition) is 2. The van der Waals surface area contributed by atoms with Crippen LogP contribution in [0.4, 0.5) is 0 Å². The molecule has 1 rings (SSSR count). The van der Waals surface area contributed by atoms with Crippen LogP contribution >= 0.6 is 0 Å². The second kappa shape index (κ2) is 8.89. The van der Waals surface area contributed by atoms with Gasteiger partial charge in [-0.15, -0.1) is 0 Å². The van der Waals surface area contributed by atoms with E-state index in [2.05, 4.69) is 13.8 Å². The average molecular weight is 321 g/mol. The van der Waals surface area contributed by atoms with Crippen LogP contribution in [0.5, 0.6) is 0 Å². The minimum atomic E-state index is -1.03. The van der Waals surface area contributed by atoms with E-state index < -0.39 is 10.8 Å². The highest BCUT2D eigenvalue weighted by Gasteiger charge is 2.16. The first-order chi connectivity index (χ1) is 10.5. The molecule has 0 saturated heterocycles. The van der Waals surface area contributed by atoms with Gasteiger partial charge >= 0.3 is 0 Å². The van der Waals surface area contributed by atoms with Crippen LogP contribution in [0.25, 0.3) is 4.91 Å². The van der Waals surface area contributed by atoms with Gasteiger partial charge in [-0.1, -0.05) is 26.0 Å². The van der Waals surface area contributed by atoms with Crippen molar-refractivity contribution in [2.24, 2.45) is 0 Å². The van der Waals surface area contributed by atoms with Crippen LogP contribution in [-0.4, -0.2) is 34.4 Å². The van der Waals surface area contributed by atoms with Crippen molar-refractivity contribution in [2.75, 3.05) is 19.3 Å². The van der Waals surface area contributed by atoms with Gasteiger partial charge in [-0.05, 0) is 49.9 Å². The summed E-state index contributed by atoms with van der Waals surface area (Å²) >= 11 is 0. The smallest absolute Gasteiger partial charge is 0.253 e. The molecule has 1 aromatic rings. The molecule has 1 unspecified atom stereocenters. The molecule has 0 spiro atoms. The summed E-state index contributed by atoms with van der Waals surface area (Å²) in [5.41, 5.74) is 2.65. The van der Waals surface area contributed by atoms with Gasteiger partial charge in [0.2, 0.25) is 0 Å². The molecule has 0 fully saturated rings. The first-order valence-corrected chi connectivity index (χ1v) is 9.42. The lowest BCUT2D eigenvalue weighted by Crippen LogP contribution is -2.32. The van der Waals surface area contributed by atoms with Gasteiger partial charge in [0, 0.05) is 29.8 Å². The third-order valence-corrected chi connectivity index (χ3v) is 4.66. The standard InChI is InChI=1S/C18H27NO2S/c1-6-11-19(12-7-2)18(20)15-9-10-16(14(4)13-15)17(8-3)22(5)21/h8-10,13H,6-7,11-12H2,1-5H3/b17-8+. The lowest BCUT2D eigenvalue weighted by atomic mass is 10.0. The summed E-state index contributed by atoms with van der Waals surface area (Å²) < 4.78 is 11.8. The van der Waals surface area contributed by atoms with Gasteiger partial charge < -0.3 is 4.90 Å². The molecule has 4 heteroatoms. The lowest BCUT2D eigenvalue weighted by molar-refractivity contribution is 0.0755. The summed E-state index contributed by atoms with van der Waals surface area (Å²) in [6, 6.07) is 5.67. The molecule has 0 aromatic heterocycles. The number of amides is 1. The molecule has 0 bridgehead atoms. The lowest BCUT2D eigenvalue weighted by Gasteiger charge is -2.22. The predicted octanol–water partition coefficient (Wildman–Crippen LogP) is 4.00. The van der Waals surface area contributed by atoms with E-state index in [-0.39, 0.29) is 5.91 Å². The van der Waals surface area contributed by atoms with E-state index in [0.717, 1.165) is 42.0 Å². The number of allylic oxidation sites excluding steroid dienone is 1. The van der Waals surface area contributed by atoms with Gasteiger partial charge in [0.15, 0.2) is 0 Å². The Bertz CT molecular complexity index is 572. The second-order valence-corrected chi connectivity index (χ2v) is 6.78. The van der Waals surface area contributed by atoms with Crippen LogP contribution < -0.4 is 0 Å². The molecule has 22 heavy (non-hydrogen) atoms. The van der Waals surface area contributed by atoms with Gasteiger partial charge in [0.05, 0.1) is 10.8 Å². The topological polar surface area (TPSA) is 37.4 Å². The summed E-state index contributed by atoms with van der Waals surface area (Å²) in [6.45, 7) is 9.59. The van der Waals surface area contributed by atoms with E-state index in [4.69, 9.17) is 0 Å². The van der Waals surface area contributed by atoms with Crippen molar-refractivity contribution < 1.29 is 9.00 Å². The van der Waals surface area contributed by atoms with Gasteiger partial charge in [0.1, 0.15) is 0 Å². The maximum absolute atomic E-state index is 12.6. The van der Waals surface area contributed by atoms with Gasteiger partial charge in [-0.3, -0.25) is 9.00 Å². The van der Waals surface area contributed by atoms with Crippen LogP contribution in [0.15, 0.2) is 24.3 Å². The zero-order valence-electron chi connectivity index (χ0n) is 14.3. The Morgan fingerprint density at radius 3 is 2.23 bits per heavy atom. The van der Waals surface area contributed by atoms with Crippen LogP contribution in [0.2, 0.25) is 0 Å². The van der Waals surface area contributed by atoms with Gasteiger partial charge in [0.25, 0.3) is 5.91 Å². The maximum Gasteiger partial charge on any atom is 0.253 e. The second-order valence-electron chi connectivity index (χ2n) is 5.43. The first-order valence-electron chi connectivity index (χ1n) is 7.86. The fraction of sp³-hybridized carbons (Fsp3) is 0.500. The molecule has 0 saturated carbocycles. The van der Waals surface area contributed by atoms with Crippen molar-refractivity contribution in [1.82, 2.24) is 4.90 Å². The number of nitrogens with zero attached hydrogens (tertiary/aromatic N) is 1. The quantitative estimate of drug-likeness (QED) is 0.761. The first kappa shape index (κ1) is 18.6. The number of carbonyl (C=O) groups excluding carboxylic acids is 1. The van der Waals surface area contributed by atoms with Crippen LogP contribution in [0.3, 0.4) is 0 Å². The van der Waals surface area contributed by atoms with Crippen LogP contribution in [0.1, 0.15) is 55.1 Å². The van der Waals surface area contributed by atoms with Crippen molar-refractivity contribution in [3.8, 4) is 0 Å². The summed E-state index contributed by atoms with van der Waals surface area (Å²) in [6.07, 6.45) is 5.47. The zero-order chi connectivity index (χ0) is 16.7. The summed E-state index contributed by atoms with van der Waals surface area (Å²) in [5.74, 6) is 0.0815. The van der Waals surface area contributed by atoms with E-state index >= 15 is 0 Å². The van der Waals surface area contributed by atoms with E-state index in [1.807, 2.05) is 43.0 Å². The average Bonchev–Trinajstić information content (AvgIpc) is 2.48. The fourth-order valence-electron chi connectivity index (χ4n) is 2.59. The number of aryl methyl sites for hydroxylation is 1. The Kier molecular flexibility index (Phi) is 7.52. The number of benzene rings is 1. The van der Waals surface area contributed by atoms with Crippen LogP contribution in [-0.2, 0) is 10.8 Å². The molecule has 1 atom stereocenters. The van der Waals surface area contributed by atoms with Crippen molar-refractivity contribution in [2.45, 2.75) is 40.5 Å². The van der Waals surface area contributed by atoms with E-state index in [1.54, 1.807) is 6.26 Å². The Hall–Kier alpha value is -1.42. The SMILES string of the molecule is C/C=C(\c1ccc(C(=O)N(CCC)CCC)cc1C)S(C)=O. The van der Waals surface area contributed by atoms with Gasteiger partial charge in [-0.25, -0.2) is 0 Å². The number of carbonyl (C=O) groups is 1. The van der Waals surface area contributed by atoms with Crippen molar-refractivity contribution in [3.05, 3.63) is 41.0 Å². The Balaban J connectivity index is 3.11.